The van der Waals surface area contributed by atoms with Crippen LogP contribution in [0.1, 0.15) is 37.1 Å². The van der Waals surface area contributed by atoms with Gasteiger partial charge in [-0.05, 0) is 37.8 Å². The quantitative estimate of drug-likeness (QED) is 0.835. The number of carbonyl (C=O) groups is 2. The van der Waals surface area contributed by atoms with Crippen LogP contribution in [0.3, 0.4) is 0 Å². The number of likely N-dealkylation sites (N-methyl/N-ethyl adjacent to an activating group) is 1. The number of aryl methyl sites for hydroxylation is 2. The van der Waals surface area contributed by atoms with Crippen LogP contribution in [0.4, 0.5) is 5.69 Å². The van der Waals surface area contributed by atoms with E-state index in [0.717, 1.165) is 49.4 Å². The van der Waals surface area contributed by atoms with Crippen LogP contribution in [0.15, 0.2) is 36.7 Å². The molecule has 1 aromatic heterocycles. The molecule has 6 nitrogen and oxygen atoms in total. The zero-order valence-corrected chi connectivity index (χ0v) is 16.0. The van der Waals surface area contributed by atoms with Crippen molar-refractivity contribution in [3.63, 3.8) is 0 Å². The van der Waals surface area contributed by atoms with Crippen molar-refractivity contribution in [1.82, 2.24) is 14.5 Å². The van der Waals surface area contributed by atoms with Crippen molar-refractivity contribution in [1.29, 1.82) is 0 Å². The molecule has 2 aromatic rings. The van der Waals surface area contributed by atoms with Crippen LogP contribution in [0.5, 0.6) is 0 Å². The number of amides is 2. The normalized spacial score (nSPS) is 21.8. The first-order valence-electron chi connectivity index (χ1n) is 9.66. The summed E-state index contributed by atoms with van der Waals surface area (Å²) in [5.74, 6) is 1.23. The van der Waals surface area contributed by atoms with Gasteiger partial charge in [-0.15, -0.1) is 0 Å². The molecular formula is C21H26N4O2. The van der Waals surface area contributed by atoms with Gasteiger partial charge < -0.3 is 14.4 Å². The van der Waals surface area contributed by atoms with Gasteiger partial charge in [0.2, 0.25) is 11.8 Å². The van der Waals surface area contributed by atoms with E-state index in [0.29, 0.717) is 13.0 Å². The van der Waals surface area contributed by atoms with E-state index in [4.69, 9.17) is 0 Å². The summed E-state index contributed by atoms with van der Waals surface area (Å²) in [6, 6.07) is 8.00. The summed E-state index contributed by atoms with van der Waals surface area (Å²) in [5.41, 5.74) is 1.48. The van der Waals surface area contributed by atoms with E-state index in [1.54, 1.807) is 11.1 Å². The van der Waals surface area contributed by atoms with Gasteiger partial charge in [0, 0.05) is 51.2 Å². The van der Waals surface area contributed by atoms with Gasteiger partial charge in [-0.2, -0.15) is 0 Å². The highest BCUT2D eigenvalue weighted by molar-refractivity contribution is 6.08. The lowest BCUT2D eigenvalue weighted by Crippen LogP contribution is -2.53. The standard InChI is InChI=1S/C21H26N4O2/c1-16-22-11-14-24(16)12-5-9-19(26)25-13-6-10-21(15-25)17-7-3-4-8-18(17)23(2)20(21)27/h3-4,7-8,11,14H,5-6,9-10,12-13,15H2,1-2H3/t21-/m1/s1. The van der Waals surface area contributed by atoms with E-state index in [9.17, 15) is 9.59 Å². The van der Waals surface area contributed by atoms with Crippen LogP contribution < -0.4 is 4.90 Å². The molecule has 1 spiro atoms. The van der Waals surface area contributed by atoms with Gasteiger partial charge in [-0.1, -0.05) is 18.2 Å². The second-order valence-electron chi connectivity index (χ2n) is 7.65. The molecule has 0 bridgehead atoms. The third-order valence-corrected chi connectivity index (χ3v) is 6.05. The summed E-state index contributed by atoms with van der Waals surface area (Å²) < 4.78 is 2.07. The summed E-state index contributed by atoms with van der Waals surface area (Å²) in [6.45, 7) is 4.00. The van der Waals surface area contributed by atoms with E-state index in [1.807, 2.05) is 49.3 Å². The molecule has 0 N–H and O–H groups in total. The van der Waals surface area contributed by atoms with Crippen LogP contribution in [0.25, 0.3) is 0 Å². The van der Waals surface area contributed by atoms with Crippen molar-refractivity contribution in [2.75, 3.05) is 25.0 Å². The Kier molecular flexibility index (Phi) is 4.50. The second kappa shape index (κ2) is 6.83. The van der Waals surface area contributed by atoms with E-state index in [2.05, 4.69) is 9.55 Å². The maximum absolute atomic E-state index is 13.1. The average molecular weight is 366 g/mol. The molecule has 27 heavy (non-hydrogen) atoms. The number of para-hydroxylation sites is 1. The third kappa shape index (κ3) is 2.93. The van der Waals surface area contributed by atoms with Gasteiger partial charge >= 0.3 is 0 Å². The molecule has 1 atom stereocenters. The average Bonchev–Trinajstić information content (AvgIpc) is 3.18. The van der Waals surface area contributed by atoms with Crippen molar-refractivity contribution in [3.8, 4) is 0 Å². The zero-order chi connectivity index (χ0) is 19.0. The molecule has 2 amide bonds. The van der Waals surface area contributed by atoms with Crippen LogP contribution >= 0.6 is 0 Å². The predicted octanol–water partition coefficient (Wildman–Crippen LogP) is 2.51. The number of hydrogen-bond acceptors (Lipinski definition) is 3. The summed E-state index contributed by atoms with van der Waals surface area (Å²) in [6.07, 6.45) is 6.68. The van der Waals surface area contributed by atoms with Crippen molar-refractivity contribution in [2.24, 2.45) is 0 Å². The number of carbonyl (C=O) groups excluding carboxylic acids is 2. The smallest absolute Gasteiger partial charge is 0.239 e. The summed E-state index contributed by atoms with van der Waals surface area (Å²) in [7, 11) is 1.84. The Morgan fingerprint density at radius 1 is 1.30 bits per heavy atom. The van der Waals surface area contributed by atoms with Gasteiger partial charge in [0.25, 0.3) is 0 Å². The fourth-order valence-corrected chi connectivity index (χ4v) is 4.58. The first-order valence-corrected chi connectivity index (χ1v) is 9.66. The van der Waals surface area contributed by atoms with Crippen LogP contribution in [0, 0.1) is 6.92 Å². The first kappa shape index (κ1) is 17.8. The highest BCUT2D eigenvalue weighted by atomic mass is 16.2. The summed E-state index contributed by atoms with van der Waals surface area (Å²) in [4.78, 5) is 33.8. The van der Waals surface area contributed by atoms with Crippen molar-refractivity contribution in [2.45, 2.75) is 44.6 Å². The van der Waals surface area contributed by atoms with Gasteiger partial charge in [0.15, 0.2) is 0 Å². The molecule has 0 aliphatic carbocycles. The highest BCUT2D eigenvalue weighted by Crippen LogP contribution is 2.46. The van der Waals surface area contributed by atoms with Crippen LogP contribution in [-0.4, -0.2) is 46.4 Å². The molecule has 2 aliphatic rings. The third-order valence-electron chi connectivity index (χ3n) is 6.05. The zero-order valence-electron chi connectivity index (χ0n) is 16.0. The predicted molar refractivity (Wildman–Crippen MR) is 104 cm³/mol. The number of likely N-dealkylation sites (tertiary alicyclic amines) is 1. The lowest BCUT2D eigenvalue weighted by Gasteiger charge is -2.39. The maximum atomic E-state index is 13.1. The maximum Gasteiger partial charge on any atom is 0.239 e. The monoisotopic (exact) mass is 366 g/mol. The molecule has 0 radical (unpaired) electrons. The molecular weight excluding hydrogens is 340 g/mol. The van der Waals surface area contributed by atoms with Gasteiger partial charge in [-0.25, -0.2) is 4.98 Å². The molecule has 142 valence electrons. The van der Waals surface area contributed by atoms with Gasteiger partial charge in [0.1, 0.15) is 5.82 Å². The molecule has 6 heteroatoms. The number of benzene rings is 1. The van der Waals surface area contributed by atoms with Gasteiger partial charge in [-0.3, -0.25) is 9.59 Å². The molecule has 0 saturated carbocycles. The number of nitrogens with zero attached hydrogens (tertiary/aromatic N) is 4. The number of imidazole rings is 1. The Morgan fingerprint density at radius 2 is 2.11 bits per heavy atom. The number of hydrogen-bond donors (Lipinski definition) is 0. The Labute approximate surface area is 159 Å². The molecule has 0 unspecified atom stereocenters. The van der Waals surface area contributed by atoms with Crippen molar-refractivity contribution >= 4 is 17.5 Å². The molecule has 4 rings (SSSR count). The van der Waals surface area contributed by atoms with Crippen LogP contribution in [-0.2, 0) is 21.5 Å². The van der Waals surface area contributed by atoms with E-state index in [-0.39, 0.29) is 11.8 Å². The molecule has 2 aliphatic heterocycles. The van der Waals surface area contributed by atoms with Crippen molar-refractivity contribution < 1.29 is 9.59 Å². The second-order valence-corrected chi connectivity index (χ2v) is 7.65. The topological polar surface area (TPSA) is 58.4 Å². The molecule has 1 saturated heterocycles. The fraction of sp³-hybridized carbons (Fsp3) is 0.476. The first-order chi connectivity index (χ1) is 13.0. The number of rotatable bonds is 4. The Hall–Kier alpha value is -2.63. The highest BCUT2D eigenvalue weighted by Gasteiger charge is 2.52. The Bertz CT molecular complexity index is 875. The van der Waals surface area contributed by atoms with E-state index < -0.39 is 5.41 Å². The molecule has 1 fully saturated rings. The number of aromatic nitrogens is 2. The number of piperidine rings is 1. The van der Waals surface area contributed by atoms with E-state index >= 15 is 0 Å². The van der Waals surface area contributed by atoms with Crippen molar-refractivity contribution in [3.05, 3.63) is 48.0 Å². The molecule has 3 heterocycles. The molecule has 1 aromatic carbocycles. The van der Waals surface area contributed by atoms with Crippen LogP contribution in [0.2, 0.25) is 0 Å². The fourth-order valence-electron chi connectivity index (χ4n) is 4.58. The largest absolute Gasteiger partial charge is 0.341 e. The van der Waals surface area contributed by atoms with Gasteiger partial charge in [0.05, 0.1) is 5.41 Å². The Balaban J connectivity index is 1.46. The minimum Gasteiger partial charge on any atom is -0.341 e. The lowest BCUT2D eigenvalue weighted by molar-refractivity contribution is -0.136. The summed E-state index contributed by atoms with van der Waals surface area (Å²) in [5, 5.41) is 0. The summed E-state index contributed by atoms with van der Waals surface area (Å²) >= 11 is 0. The number of fused-ring (bicyclic) bond motifs is 2. The lowest BCUT2D eigenvalue weighted by atomic mass is 9.75. The van der Waals surface area contributed by atoms with E-state index in [1.165, 1.54) is 0 Å². The Morgan fingerprint density at radius 3 is 2.89 bits per heavy atom. The SMILES string of the molecule is Cc1nccn1CCCC(=O)N1CCC[C@]2(C1)C(=O)N(C)c1ccccc12. The number of anilines is 1. The minimum atomic E-state index is -0.569. The minimum absolute atomic E-state index is 0.121.